The second-order valence-electron chi connectivity index (χ2n) is 4.88. The van der Waals surface area contributed by atoms with Crippen molar-refractivity contribution in [2.45, 2.75) is 6.61 Å². The van der Waals surface area contributed by atoms with Gasteiger partial charge in [0.05, 0.1) is 12.5 Å². The third-order valence-electron chi connectivity index (χ3n) is 3.18. The number of nitrogens with zero attached hydrogens (tertiary/aromatic N) is 2. The molecule has 2 heterocycles. The summed E-state index contributed by atoms with van der Waals surface area (Å²) < 4.78 is 10.8. The zero-order valence-corrected chi connectivity index (χ0v) is 13.0. The average Bonchev–Trinajstić information content (AvgIpc) is 3.14. The second kappa shape index (κ2) is 7.73. The number of carbonyl (C=O) groups is 2. The minimum Gasteiger partial charge on any atom is -0.489 e. The molecule has 3 aromatic rings. The van der Waals surface area contributed by atoms with E-state index < -0.39 is 11.8 Å². The topological polar surface area (TPSA) is 106 Å². The molecule has 2 N–H and O–H groups in total. The van der Waals surface area contributed by atoms with Crippen LogP contribution in [0.25, 0.3) is 0 Å². The van der Waals surface area contributed by atoms with Gasteiger partial charge in [0.1, 0.15) is 18.1 Å². The third kappa shape index (κ3) is 4.20. The summed E-state index contributed by atoms with van der Waals surface area (Å²) in [4.78, 5) is 31.6. The van der Waals surface area contributed by atoms with Crippen LogP contribution in [0.1, 0.15) is 26.6 Å². The molecular formula is C17H14N4O4. The van der Waals surface area contributed by atoms with Crippen molar-refractivity contribution in [3.63, 3.8) is 0 Å². The zero-order valence-electron chi connectivity index (χ0n) is 13.0. The number of rotatable bonds is 5. The van der Waals surface area contributed by atoms with Crippen LogP contribution in [-0.2, 0) is 6.61 Å². The van der Waals surface area contributed by atoms with Crippen LogP contribution in [0.5, 0.6) is 5.75 Å². The quantitative estimate of drug-likeness (QED) is 0.686. The van der Waals surface area contributed by atoms with Crippen molar-refractivity contribution in [3.05, 3.63) is 78.3 Å². The number of amides is 2. The smallest absolute Gasteiger partial charge is 0.305 e. The van der Waals surface area contributed by atoms with Crippen molar-refractivity contribution in [3.8, 4) is 5.75 Å². The first-order valence-corrected chi connectivity index (χ1v) is 7.35. The number of carbonyl (C=O) groups excluding carboxylic acids is 2. The molecule has 0 aliphatic carbocycles. The van der Waals surface area contributed by atoms with Gasteiger partial charge in [0.15, 0.2) is 5.76 Å². The van der Waals surface area contributed by atoms with Crippen LogP contribution < -0.4 is 15.6 Å². The number of hydrogen-bond acceptors (Lipinski definition) is 6. The van der Waals surface area contributed by atoms with Gasteiger partial charge in [-0.1, -0.05) is 18.2 Å². The van der Waals surface area contributed by atoms with Gasteiger partial charge in [0.25, 0.3) is 5.91 Å². The molecule has 25 heavy (non-hydrogen) atoms. The first-order chi connectivity index (χ1) is 12.2. The van der Waals surface area contributed by atoms with Gasteiger partial charge in [0, 0.05) is 18.0 Å². The highest BCUT2D eigenvalue weighted by Gasteiger charge is 2.17. The van der Waals surface area contributed by atoms with Crippen LogP contribution >= 0.6 is 0 Å². The van der Waals surface area contributed by atoms with E-state index >= 15 is 0 Å². The van der Waals surface area contributed by atoms with Gasteiger partial charge < -0.3 is 9.15 Å². The van der Waals surface area contributed by atoms with Crippen molar-refractivity contribution in [1.82, 2.24) is 20.8 Å². The fourth-order valence-electron chi connectivity index (χ4n) is 1.98. The molecule has 0 aliphatic rings. The number of benzene rings is 1. The van der Waals surface area contributed by atoms with E-state index in [1.807, 2.05) is 18.2 Å². The number of para-hydroxylation sites is 1. The first-order valence-electron chi connectivity index (χ1n) is 7.35. The Morgan fingerprint density at radius 1 is 1.04 bits per heavy atom. The maximum atomic E-state index is 12.2. The summed E-state index contributed by atoms with van der Waals surface area (Å²) in [7, 11) is 0. The molecule has 0 fully saturated rings. The molecule has 2 amide bonds. The Labute approximate surface area is 142 Å². The normalized spacial score (nSPS) is 10.1. The summed E-state index contributed by atoms with van der Waals surface area (Å²) in [6.45, 7) is 0.154. The largest absolute Gasteiger partial charge is 0.489 e. The van der Waals surface area contributed by atoms with E-state index in [-0.39, 0.29) is 18.1 Å². The lowest BCUT2D eigenvalue weighted by Gasteiger charge is -2.08. The van der Waals surface area contributed by atoms with E-state index in [0.29, 0.717) is 11.3 Å². The van der Waals surface area contributed by atoms with Crippen LogP contribution in [-0.4, -0.2) is 21.8 Å². The van der Waals surface area contributed by atoms with Gasteiger partial charge >= 0.3 is 5.91 Å². The molecule has 0 bridgehead atoms. The Morgan fingerprint density at radius 3 is 2.60 bits per heavy atom. The molecule has 0 atom stereocenters. The fraction of sp³-hybridized carbons (Fsp3) is 0.0588. The van der Waals surface area contributed by atoms with Gasteiger partial charge in [-0.2, -0.15) is 0 Å². The van der Waals surface area contributed by atoms with Gasteiger partial charge in [-0.3, -0.25) is 25.4 Å². The van der Waals surface area contributed by atoms with E-state index in [4.69, 9.17) is 9.15 Å². The number of ether oxygens (including phenoxy) is 1. The van der Waals surface area contributed by atoms with Crippen LogP contribution in [0.4, 0.5) is 0 Å². The van der Waals surface area contributed by atoms with Gasteiger partial charge in [-0.05, 0) is 18.2 Å². The molecule has 126 valence electrons. The summed E-state index contributed by atoms with van der Waals surface area (Å²) in [6, 6.07) is 10.8. The predicted molar refractivity (Wildman–Crippen MR) is 86.4 cm³/mol. The SMILES string of the molecule is O=C(NNC(=O)c1occc1COc1ccccc1)c1cnccn1. The summed E-state index contributed by atoms with van der Waals surface area (Å²) in [5.74, 6) is -0.467. The Hall–Kier alpha value is -3.68. The van der Waals surface area contributed by atoms with Crippen molar-refractivity contribution in [2.75, 3.05) is 0 Å². The molecule has 0 spiro atoms. The zero-order chi connectivity index (χ0) is 17.5. The summed E-state index contributed by atoms with van der Waals surface area (Å²) >= 11 is 0. The lowest BCUT2D eigenvalue weighted by Crippen LogP contribution is -2.42. The van der Waals surface area contributed by atoms with Crippen molar-refractivity contribution in [2.24, 2.45) is 0 Å². The predicted octanol–water partition coefficient (Wildman–Crippen LogP) is 1.72. The van der Waals surface area contributed by atoms with Crippen molar-refractivity contribution in [1.29, 1.82) is 0 Å². The second-order valence-corrected chi connectivity index (χ2v) is 4.88. The van der Waals surface area contributed by atoms with Gasteiger partial charge in [-0.15, -0.1) is 0 Å². The van der Waals surface area contributed by atoms with Crippen LogP contribution in [0.15, 0.2) is 65.7 Å². The Balaban J connectivity index is 1.58. The minimum atomic E-state index is -0.603. The molecule has 0 unspecified atom stereocenters. The lowest BCUT2D eigenvalue weighted by molar-refractivity contribution is 0.0826. The first kappa shape index (κ1) is 16.2. The summed E-state index contributed by atoms with van der Waals surface area (Å²) in [5.41, 5.74) is 5.14. The standard InChI is InChI=1S/C17H14N4O4/c22-16(14-10-18-7-8-19-14)20-21-17(23)15-12(6-9-24-15)11-25-13-4-2-1-3-5-13/h1-10H,11H2,(H,20,22)(H,21,23). The minimum absolute atomic E-state index is 0.0513. The summed E-state index contributed by atoms with van der Waals surface area (Å²) in [5, 5.41) is 0. The van der Waals surface area contributed by atoms with E-state index in [1.54, 1.807) is 18.2 Å². The number of hydrogen-bond donors (Lipinski definition) is 2. The molecule has 2 aromatic heterocycles. The van der Waals surface area contributed by atoms with E-state index in [2.05, 4.69) is 20.8 Å². The molecule has 0 radical (unpaired) electrons. The lowest BCUT2D eigenvalue weighted by atomic mass is 10.2. The Bertz CT molecular complexity index is 849. The molecular weight excluding hydrogens is 324 g/mol. The highest BCUT2D eigenvalue weighted by atomic mass is 16.5. The van der Waals surface area contributed by atoms with Crippen LogP contribution in [0, 0.1) is 0 Å². The molecule has 0 saturated heterocycles. The van der Waals surface area contributed by atoms with Gasteiger partial charge in [-0.25, -0.2) is 4.98 Å². The molecule has 0 saturated carbocycles. The molecule has 8 heteroatoms. The Morgan fingerprint density at radius 2 is 1.84 bits per heavy atom. The van der Waals surface area contributed by atoms with Crippen molar-refractivity contribution < 1.29 is 18.7 Å². The van der Waals surface area contributed by atoms with Crippen LogP contribution in [0.3, 0.4) is 0 Å². The molecule has 3 rings (SSSR count). The van der Waals surface area contributed by atoms with Crippen LogP contribution in [0.2, 0.25) is 0 Å². The number of nitrogens with one attached hydrogen (secondary N) is 2. The maximum absolute atomic E-state index is 12.2. The maximum Gasteiger partial charge on any atom is 0.305 e. The van der Waals surface area contributed by atoms with Crippen molar-refractivity contribution >= 4 is 11.8 Å². The monoisotopic (exact) mass is 338 g/mol. The highest BCUT2D eigenvalue weighted by molar-refractivity contribution is 5.97. The average molecular weight is 338 g/mol. The van der Waals surface area contributed by atoms with Gasteiger partial charge in [0.2, 0.25) is 0 Å². The number of hydrazine groups is 1. The third-order valence-corrected chi connectivity index (χ3v) is 3.18. The highest BCUT2D eigenvalue weighted by Crippen LogP contribution is 2.15. The van der Waals surface area contributed by atoms with E-state index in [0.717, 1.165) is 0 Å². The van der Waals surface area contributed by atoms with E-state index in [9.17, 15) is 9.59 Å². The number of aromatic nitrogens is 2. The van der Waals surface area contributed by atoms with E-state index in [1.165, 1.54) is 24.9 Å². The number of furan rings is 1. The Kier molecular flexibility index (Phi) is 5.01. The summed E-state index contributed by atoms with van der Waals surface area (Å²) in [6.07, 6.45) is 5.48. The molecule has 1 aromatic carbocycles. The molecule has 8 nitrogen and oxygen atoms in total. The fourth-order valence-corrected chi connectivity index (χ4v) is 1.98. The molecule has 0 aliphatic heterocycles.